The van der Waals surface area contributed by atoms with Crippen LogP contribution >= 0.6 is 11.6 Å². The number of aromatic hydroxyl groups is 1. The van der Waals surface area contributed by atoms with E-state index in [4.69, 9.17) is 16.3 Å². The molecule has 2 aromatic carbocycles. The number of alkyl halides is 2. The number of aliphatic hydroxyl groups excluding tert-OH is 1. The van der Waals surface area contributed by atoms with E-state index in [-0.39, 0.29) is 29.4 Å². The number of carbonyl (C=O) groups is 1. The summed E-state index contributed by atoms with van der Waals surface area (Å²) < 4.78 is 29.6. The van der Waals surface area contributed by atoms with E-state index in [0.717, 1.165) is 0 Å². The molecule has 25 heavy (non-hydrogen) atoms. The second-order valence-corrected chi connectivity index (χ2v) is 5.94. The Morgan fingerprint density at radius 2 is 1.84 bits per heavy atom. The molecule has 0 heterocycles. The van der Waals surface area contributed by atoms with Crippen LogP contribution in [0.5, 0.6) is 5.75 Å². The number of phenolic OH excluding ortho intramolecular Hbond substituents is 1. The van der Waals surface area contributed by atoms with Crippen LogP contribution in [0.3, 0.4) is 0 Å². The Bertz CT molecular complexity index is 724. The van der Waals surface area contributed by atoms with Crippen molar-refractivity contribution in [2.45, 2.75) is 32.5 Å². The Labute approximate surface area is 148 Å². The molecule has 1 unspecified atom stereocenters. The fraction of sp³-hybridized carbons (Fsp3) is 0.278. The lowest BCUT2D eigenvalue weighted by atomic mass is 9.98. The van der Waals surface area contributed by atoms with Crippen molar-refractivity contribution in [3.8, 4) is 5.75 Å². The van der Waals surface area contributed by atoms with Gasteiger partial charge in [0.1, 0.15) is 18.5 Å². The van der Waals surface area contributed by atoms with Crippen molar-refractivity contribution in [2.75, 3.05) is 0 Å². The predicted molar refractivity (Wildman–Crippen MR) is 88.8 cm³/mol. The number of aliphatic hydroxyl groups is 1. The third-order valence-electron chi connectivity index (χ3n) is 3.57. The van der Waals surface area contributed by atoms with Gasteiger partial charge in [0.15, 0.2) is 0 Å². The molecule has 0 fully saturated rings. The van der Waals surface area contributed by atoms with Gasteiger partial charge >= 0.3 is 5.97 Å². The predicted octanol–water partition coefficient (Wildman–Crippen LogP) is 4.00. The van der Waals surface area contributed by atoms with Gasteiger partial charge in [0.05, 0.1) is 5.02 Å². The van der Waals surface area contributed by atoms with Crippen molar-refractivity contribution < 1.29 is 28.5 Å². The summed E-state index contributed by atoms with van der Waals surface area (Å²) in [6.45, 7) is 1.21. The summed E-state index contributed by atoms with van der Waals surface area (Å²) >= 11 is 6.14. The Hall–Kier alpha value is -2.18. The molecule has 2 aromatic rings. The zero-order valence-electron chi connectivity index (χ0n) is 13.4. The second-order valence-electron chi connectivity index (χ2n) is 5.53. The van der Waals surface area contributed by atoms with E-state index < -0.39 is 18.5 Å². The second kappa shape index (κ2) is 8.27. The van der Waals surface area contributed by atoms with Crippen LogP contribution in [0.1, 0.15) is 35.3 Å². The van der Waals surface area contributed by atoms with Crippen LogP contribution in [0.25, 0.3) is 0 Å². The van der Waals surface area contributed by atoms with Crippen LogP contribution in [-0.2, 0) is 22.6 Å². The molecule has 0 aliphatic rings. The van der Waals surface area contributed by atoms with E-state index >= 15 is 0 Å². The summed E-state index contributed by atoms with van der Waals surface area (Å²) in [6, 6.07) is 8.82. The molecule has 2 rings (SSSR count). The van der Waals surface area contributed by atoms with Crippen molar-refractivity contribution in [1.29, 1.82) is 0 Å². The highest BCUT2D eigenvalue weighted by molar-refractivity contribution is 6.31. The standard InChI is InChI=1S/C18H17ClF2O4/c1-10(22)25-9-12-6-14(19)17(15(23)7-12)18(24)13-4-2-11(3-5-13)8-16(20)21/h2-7,16,18,23-24H,8-9H2,1H3. The molecule has 0 amide bonds. The number of carbonyl (C=O) groups excluding carboxylic acids is 1. The Kier molecular flexibility index (Phi) is 6.33. The first-order valence-electron chi connectivity index (χ1n) is 7.47. The van der Waals surface area contributed by atoms with Gasteiger partial charge in [0.2, 0.25) is 6.43 Å². The highest BCUT2D eigenvalue weighted by Gasteiger charge is 2.20. The molecule has 1 atom stereocenters. The fourth-order valence-electron chi connectivity index (χ4n) is 2.38. The van der Waals surface area contributed by atoms with Crippen molar-refractivity contribution in [2.24, 2.45) is 0 Å². The van der Waals surface area contributed by atoms with Gasteiger partial charge in [-0.25, -0.2) is 8.78 Å². The summed E-state index contributed by atoms with van der Waals surface area (Å²) in [5.74, 6) is -0.720. The smallest absolute Gasteiger partial charge is 0.302 e. The molecular weight excluding hydrogens is 354 g/mol. The van der Waals surface area contributed by atoms with Gasteiger partial charge in [0, 0.05) is 18.9 Å². The summed E-state index contributed by atoms with van der Waals surface area (Å²) in [4.78, 5) is 10.8. The van der Waals surface area contributed by atoms with Crippen LogP contribution in [0.15, 0.2) is 36.4 Å². The lowest BCUT2D eigenvalue weighted by Gasteiger charge is -2.16. The molecule has 0 aliphatic carbocycles. The van der Waals surface area contributed by atoms with Crippen LogP contribution < -0.4 is 0 Å². The monoisotopic (exact) mass is 370 g/mol. The number of hydrogen-bond donors (Lipinski definition) is 2. The van der Waals surface area contributed by atoms with E-state index in [1.165, 1.54) is 43.3 Å². The maximum Gasteiger partial charge on any atom is 0.302 e. The number of ether oxygens (including phenoxy) is 1. The van der Waals surface area contributed by atoms with Crippen molar-refractivity contribution in [1.82, 2.24) is 0 Å². The third kappa shape index (κ3) is 5.14. The minimum Gasteiger partial charge on any atom is -0.507 e. The summed E-state index contributed by atoms with van der Waals surface area (Å²) in [5.41, 5.74) is 1.41. The number of hydrogen-bond acceptors (Lipinski definition) is 4. The van der Waals surface area contributed by atoms with Gasteiger partial charge in [-0.05, 0) is 28.8 Å². The Morgan fingerprint density at radius 1 is 1.20 bits per heavy atom. The molecule has 0 spiro atoms. The van der Waals surface area contributed by atoms with Crippen LogP contribution in [0.2, 0.25) is 5.02 Å². The van der Waals surface area contributed by atoms with Crippen molar-refractivity contribution in [3.05, 3.63) is 63.7 Å². The van der Waals surface area contributed by atoms with Gasteiger partial charge in [-0.15, -0.1) is 0 Å². The number of esters is 1. The molecule has 134 valence electrons. The van der Waals surface area contributed by atoms with E-state index in [1.54, 1.807) is 0 Å². The largest absolute Gasteiger partial charge is 0.507 e. The van der Waals surface area contributed by atoms with E-state index in [1.807, 2.05) is 0 Å². The third-order valence-corrected chi connectivity index (χ3v) is 3.88. The SMILES string of the molecule is CC(=O)OCc1cc(O)c(C(O)c2ccc(CC(F)F)cc2)c(Cl)c1. The average molecular weight is 371 g/mol. The van der Waals surface area contributed by atoms with Crippen LogP contribution in [0.4, 0.5) is 8.78 Å². The maximum atomic E-state index is 12.4. The Balaban J connectivity index is 2.23. The van der Waals surface area contributed by atoms with E-state index in [0.29, 0.717) is 16.7 Å². The highest BCUT2D eigenvalue weighted by atomic mass is 35.5. The van der Waals surface area contributed by atoms with Gasteiger partial charge in [-0.2, -0.15) is 0 Å². The number of phenols is 1. The summed E-state index contributed by atoms with van der Waals surface area (Å²) in [7, 11) is 0. The van der Waals surface area contributed by atoms with Gasteiger partial charge < -0.3 is 14.9 Å². The first-order chi connectivity index (χ1) is 11.8. The van der Waals surface area contributed by atoms with Gasteiger partial charge in [0.25, 0.3) is 0 Å². The molecule has 7 heteroatoms. The molecule has 0 saturated carbocycles. The zero-order chi connectivity index (χ0) is 18.6. The summed E-state index contributed by atoms with van der Waals surface area (Å²) in [5, 5.41) is 20.7. The summed E-state index contributed by atoms with van der Waals surface area (Å²) in [6.07, 6.45) is -4.04. The molecule has 2 N–H and O–H groups in total. The first kappa shape index (κ1) is 19.1. The molecule has 0 saturated heterocycles. The van der Waals surface area contributed by atoms with Gasteiger partial charge in [-0.1, -0.05) is 35.9 Å². The lowest BCUT2D eigenvalue weighted by Crippen LogP contribution is -2.04. The molecule has 0 aromatic heterocycles. The number of rotatable bonds is 6. The van der Waals surface area contributed by atoms with Crippen molar-refractivity contribution >= 4 is 17.6 Å². The molecule has 0 bridgehead atoms. The number of benzene rings is 2. The first-order valence-corrected chi connectivity index (χ1v) is 7.85. The fourth-order valence-corrected chi connectivity index (χ4v) is 2.72. The van der Waals surface area contributed by atoms with E-state index in [9.17, 15) is 23.8 Å². The zero-order valence-corrected chi connectivity index (χ0v) is 14.1. The average Bonchev–Trinajstić information content (AvgIpc) is 2.52. The Morgan fingerprint density at radius 3 is 2.36 bits per heavy atom. The van der Waals surface area contributed by atoms with Crippen molar-refractivity contribution in [3.63, 3.8) is 0 Å². The molecule has 0 aliphatic heterocycles. The number of halogens is 3. The van der Waals surface area contributed by atoms with Crippen LogP contribution in [0, 0.1) is 0 Å². The minimum atomic E-state index is -2.45. The molecule has 0 radical (unpaired) electrons. The molecular formula is C18H17ClF2O4. The molecule has 4 nitrogen and oxygen atoms in total. The maximum absolute atomic E-state index is 12.4. The highest BCUT2D eigenvalue weighted by Crippen LogP contribution is 2.36. The normalized spacial score (nSPS) is 12.2. The van der Waals surface area contributed by atoms with E-state index in [2.05, 4.69) is 0 Å². The lowest BCUT2D eigenvalue weighted by molar-refractivity contribution is -0.142. The topological polar surface area (TPSA) is 66.8 Å². The van der Waals surface area contributed by atoms with Gasteiger partial charge in [-0.3, -0.25) is 4.79 Å². The van der Waals surface area contributed by atoms with Crippen LogP contribution in [-0.4, -0.2) is 22.6 Å². The quantitative estimate of drug-likeness (QED) is 0.754. The minimum absolute atomic E-state index is 0.0543.